The number of hydrogen-bond acceptors (Lipinski definition) is 3. The number of halogens is 3. The number of amides is 1. The predicted octanol–water partition coefficient (Wildman–Crippen LogP) is 2.46. The van der Waals surface area contributed by atoms with Crippen molar-refractivity contribution in [2.24, 2.45) is 0 Å². The zero-order chi connectivity index (χ0) is 17.2. The molecule has 0 saturated carbocycles. The summed E-state index contributed by atoms with van der Waals surface area (Å²) in [5, 5.41) is 6.84. The van der Waals surface area contributed by atoms with Crippen LogP contribution >= 0.6 is 0 Å². The SMILES string of the molecule is Cc1nn(CC(F)(F)F)c(C)c1[C@H](C)C(=O)N[C@H]1CCCOC1. The van der Waals surface area contributed by atoms with Crippen LogP contribution < -0.4 is 5.32 Å². The van der Waals surface area contributed by atoms with Gasteiger partial charge >= 0.3 is 6.18 Å². The molecule has 0 spiro atoms. The van der Waals surface area contributed by atoms with Crippen LogP contribution in [0.2, 0.25) is 0 Å². The Morgan fingerprint density at radius 3 is 2.74 bits per heavy atom. The van der Waals surface area contributed by atoms with Gasteiger partial charge in [0.1, 0.15) is 6.54 Å². The molecule has 1 aromatic heterocycles. The molecule has 1 aliphatic heterocycles. The van der Waals surface area contributed by atoms with Gasteiger partial charge in [0.05, 0.1) is 24.3 Å². The average molecular weight is 333 g/mol. The van der Waals surface area contributed by atoms with Gasteiger partial charge < -0.3 is 10.1 Å². The molecule has 1 saturated heterocycles. The standard InChI is InChI=1S/C15H22F3N3O2/c1-9(14(22)19-12-5-4-6-23-7-12)13-10(2)20-21(11(13)3)8-15(16,17)18/h9,12H,4-8H2,1-3H3,(H,19,22)/t9-,12-/m0/s1. The maximum Gasteiger partial charge on any atom is 0.408 e. The lowest BCUT2D eigenvalue weighted by molar-refractivity contribution is -0.143. The Labute approximate surface area is 133 Å². The molecule has 1 amide bonds. The Morgan fingerprint density at radius 2 is 2.17 bits per heavy atom. The third-order valence-corrected chi connectivity index (χ3v) is 4.10. The molecule has 0 aliphatic carbocycles. The van der Waals surface area contributed by atoms with Crippen LogP contribution in [0.25, 0.3) is 0 Å². The van der Waals surface area contributed by atoms with Gasteiger partial charge in [-0.1, -0.05) is 0 Å². The summed E-state index contributed by atoms with van der Waals surface area (Å²) in [7, 11) is 0. The first kappa shape index (κ1) is 17.8. The molecule has 2 rings (SSSR count). The van der Waals surface area contributed by atoms with Crippen LogP contribution in [-0.2, 0) is 16.1 Å². The van der Waals surface area contributed by atoms with Crippen molar-refractivity contribution in [1.29, 1.82) is 0 Å². The Hall–Kier alpha value is -1.57. The van der Waals surface area contributed by atoms with Crippen LogP contribution in [0.1, 0.15) is 42.6 Å². The smallest absolute Gasteiger partial charge is 0.379 e. The van der Waals surface area contributed by atoms with Crippen molar-refractivity contribution in [2.75, 3.05) is 13.2 Å². The highest BCUT2D eigenvalue weighted by molar-refractivity contribution is 5.84. The molecule has 0 radical (unpaired) electrons. The van der Waals surface area contributed by atoms with E-state index in [4.69, 9.17) is 4.74 Å². The van der Waals surface area contributed by atoms with Crippen molar-refractivity contribution in [1.82, 2.24) is 15.1 Å². The normalized spacial score (nSPS) is 20.3. The summed E-state index contributed by atoms with van der Waals surface area (Å²) < 4.78 is 44.0. The molecule has 5 nitrogen and oxygen atoms in total. The van der Waals surface area contributed by atoms with E-state index in [9.17, 15) is 18.0 Å². The Balaban J connectivity index is 2.11. The number of ether oxygens (including phenoxy) is 1. The van der Waals surface area contributed by atoms with E-state index in [0.717, 1.165) is 17.5 Å². The van der Waals surface area contributed by atoms with E-state index in [-0.39, 0.29) is 11.9 Å². The van der Waals surface area contributed by atoms with Gasteiger partial charge in [-0.15, -0.1) is 0 Å². The number of carbonyl (C=O) groups is 1. The minimum Gasteiger partial charge on any atom is -0.379 e. The monoisotopic (exact) mass is 333 g/mol. The van der Waals surface area contributed by atoms with Crippen LogP contribution in [0.15, 0.2) is 0 Å². The second-order valence-electron chi connectivity index (χ2n) is 6.00. The van der Waals surface area contributed by atoms with E-state index in [1.807, 2.05) is 0 Å². The topological polar surface area (TPSA) is 56.2 Å². The molecular weight excluding hydrogens is 311 g/mol. The third kappa shape index (κ3) is 4.46. The second-order valence-corrected chi connectivity index (χ2v) is 6.00. The Kier molecular flexibility index (Phi) is 5.33. The molecule has 1 fully saturated rings. The molecule has 1 aliphatic rings. The van der Waals surface area contributed by atoms with Crippen LogP contribution in [0, 0.1) is 13.8 Å². The summed E-state index contributed by atoms with van der Waals surface area (Å²) in [6.07, 6.45) is -2.60. The fourth-order valence-electron chi connectivity index (χ4n) is 2.97. The largest absolute Gasteiger partial charge is 0.408 e. The van der Waals surface area contributed by atoms with Crippen molar-refractivity contribution in [3.8, 4) is 0 Å². The molecule has 2 atom stereocenters. The van der Waals surface area contributed by atoms with Crippen molar-refractivity contribution in [2.45, 2.75) is 58.3 Å². The summed E-state index contributed by atoms with van der Waals surface area (Å²) >= 11 is 0. The van der Waals surface area contributed by atoms with Crippen LogP contribution in [0.4, 0.5) is 13.2 Å². The van der Waals surface area contributed by atoms with Gasteiger partial charge in [0.15, 0.2) is 0 Å². The number of nitrogens with one attached hydrogen (secondary N) is 1. The number of nitrogens with zero attached hydrogens (tertiary/aromatic N) is 2. The van der Waals surface area contributed by atoms with Gasteiger partial charge in [0, 0.05) is 17.9 Å². The van der Waals surface area contributed by atoms with Gasteiger partial charge in [-0.3, -0.25) is 9.48 Å². The molecule has 1 N–H and O–H groups in total. The summed E-state index contributed by atoms with van der Waals surface area (Å²) in [5.74, 6) is -0.767. The van der Waals surface area contributed by atoms with Crippen LogP contribution in [0.3, 0.4) is 0 Å². The lowest BCUT2D eigenvalue weighted by Crippen LogP contribution is -2.42. The molecule has 130 valence electrons. The summed E-state index contributed by atoms with van der Waals surface area (Å²) in [4.78, 5) is 12.4. The maximum absolute atomic E-state index is 12.6. The van der Waals surface area contributed by atoms with Crippen molar-refractivity contribution >= 4 is 5.91 Å². The van der Waals surface area contributed by atoms with Crippen LogP contribution in [-0.4, -0.2) is 41.1 Å². The minimum absolute atomic E-state index is 0.0375. The zero-order valence-electron chi connectivity index (χ0n) is 13.5. The summed E-state index contributed by atoms with van der Waals surface area (Å²) in [5.41, 5.74) is 1.39. The Morgan fingerprint density at radius 1 is 1.48 bits per heavy atom. The highest BCUT2D eigenvalue weighted by atomic mass is 19.4. The Bertz CT molecular complexity index is 563. The van der Waals surface area contributed by atoms with Crippen molar-refractivity contribution in [3.05, 3.63) is 17.0 Å². The lowest BCUT2D eigenvalue weighted by atomic mass is 9.97. The van der Waals surface area contributed by atoms with Crippen molar-refractivity contribution < 1.29 is 22.7 Å². The highest BCUT2D eigenvalue weighted by Gasteiger charge is 2.32. The predicted molar refractivity (Wildman–Crippen MR) is 78.2 cm³/mol. The zero-order valence-corrected chi connectivity index (χ0v) is 13.5. The lowest BCUT2D eigenvalue weighted by Gasteiger charge is -2.24. The number of aryl methyl sites for hydroxylation is 1. The number of hydrogen-bond donors (Lipinski definition) is 1. The van der Waals surface area contributed by atoms with Crippen LogP contribution in [0.5, 0.6) is 0 Å². The van der Waals surface area contributed by atoms with E-state index in [2.05, 4.69) is 10.4 Å². The second kappa shape index (κ2) is 6.90. The highest BCUT2D eigenvalue weighted by Crippen LogP contribution is 2.26. The van der Waals surface area contributed by atoms with Gasteiger partial charge in [-0.25, -0.2) is 0 Å². The van der Waals surface area contributed by atoms with E-state index in [0.29, 0.717) is 30.2 Å². The fraction of sp³-hybridized carbons (Fsp3) is 0.733. The number of alkyl halides is 3. The first-order chi connectivity index (χ1) is 10.7. The average Bonchev–Trinajstić information content (AvgIpc) is 2.71. The molecule has 23 heavy (non-hydrogen) atoms. The minimum atomic E-state index is -4.34. The first-order valence-electron chi connectivity index (χ1n) is 7.68. The van der Waals surface area contributed by atoms with E-state index < -0.39 is 18.6 Å². The van der Waals surface area contributed by atoms with E-state index in [1.54, 1.807) is 20.8 Å². The number of carbonyl (C=O) groups excluding carboxylic acids is 1. The van der Waals surface area contributed by atoms with Gasteiger partial charge in [0.25, 0.3) is 0 Å². The fourth-order valence-corrected chi connectivity index (χ4v) is 2.97. The van der Waals surface area contributed by atoms with Gasteiger partial charge in [-0.2, -0.15) is 18.3 Å². The molecule has 0 bridgehead atoms. The first-order valence-corrected chi connectivity index (χ1v) is 7.68. The van der Waals surface area contributed by atoms with Gasteiger partial charge in [-0.05, 0) is 33.6 Å². The molecule has 1 aromatic rings. The number of rotatable bonds is 4. The quantitative estimate of drug-likeness (QED) is 0.921. The molecule has 2 heterocycles. The van der Waals surface area contributed by atoms with E-state index in [1.165, 1.54) is 0 Å². The molecular formula is C15H22F3N3O2. The molecule has 0 unspecified atom stereocenters. The van der Waals surface area contributed by atoms with Crippen molar-refractivity contribution in [3.63, 3.8) is 0 Å². The van der Waals surface area contributed by atoms with Gasteiger partial charge in [0.2, 0.25) is 5.91 Å². The van der Waals surface area contributed by atoms with E-state index >= 15 is 0 Å². The third-order valence-electron chi connectivity index (χ3n) is 4.10. The summed E-state index contributed by atoms with van der Waals surface area (Å²) in [6.45, 7) is 4.91. The number of aromatic nitrogens is 2. The maximum atomic E-state index is 12.6. The molecule has 8 heteroatoms. The summed E-state index contributed by atoms with van der Waals surface area (Å²) in [6, 6.07) is -0.0375. The molecule has 0 aromatic carbocycles.